The Morgan fingerprint density at radius 1 is 1.00 bits per heavy atom. The van der Waals surface area contributed by atoms with Gasteiger partial charge in [-0.15, -0.1) is 0 Å². The number of hydrogen-bond donors (Lipinski definition) is 0. The highest BCUT2D eigenvalue weighted by atomic mass is 35.5. The lowest BCUT2D eigenvalue weighted by Crippen LogP contribution is -1.97. The fourth-order valence-corrected chi connectivity index (χ4v) is 2.63. The SMILES string of the molecule is Clc1ccccc1OCc1ccc2c(c1)CCC2. The van der Waals surface area contributed by atoms with Crippen molar-refractivity contribution < 1.29 is 4.74 Å². The third-order valence-electron chi connectivity index (χ3n) is 3.39. The van der Waals surface area contributed by atoms with Crippen molar-refractivity contribution in [1.29, 1.82) is 0 Å². The number of hydrogen-bond acceptors (Lipinski definition) is 1. The van der Waals surface area contributed by atoms with Crippen LogP contribution in [0.2, 0.25) is 5.02 Å². The van der Waals surface area contributed by atoms with Crippen LogP contribution in [0, 0.1) is 0 Å². The molecule has 1 nitrogen and oxygen atoms in total. The van der Waals surface area contributed by atoms with Gasteiger partial charge < -0.3 is 4.74 Å². The second-order valence-corrected chi connectivity index (χ2v) is 5.08. The average molecular weight is 259 g/mol. The van der Waals surface area contributed by atoms with Gasteiger partial charge in [-0.2, -0.15) is 0 Å². The van der Waals surface area contributed by atoms with E-state index in [4.69, 9.17) is 16.3 Å². The van der Waals surface area contributed by atoms with Crippen LogP contribution in [-0.4, -0.2) is 0 Å². The minimum Gasteiger partial charge on any atom is -0.487 e. The Balaban J connectivity index is 1.72. The number of rotatable bonds is 3. The number of fused-ring (bicyclic) bond motifs is 1. The van der Waals surface area contributed by atoms with E-state index in [9.17, 15) is 0 Å². The Labute approximate surface area is 112 Å². The molecule has 0 aliphatic heterocycles. The normalized spacial score (nSPS) is 13.4. The van der Waals surface area contributed by atoms with E-state index in [1.54, 1.807) is 0 Å². The highest BCUT2D eigenvalue weighted by molar-refractivity contribution is 6.32. The van der Waals surface area contributed by atoms with Gasteiger partial charge in [0.15, 0.2) is 0 Å². The zero-order chi connectivity index (χ0) is 12.4. The van der Waals surface area contributed by atoms with Crippen LogP contribution >= 0.6 is 11.6 Å². The second-order valence-electron chi connectivity index (χ2n) is 4.68. The molecule has 0 unspecified atom stereocenters. The average Bonchev–Trinajstić information content (AvgIpc) is 2.85. The molecule has 18 heavy (non-hydrogen) atoms. The zero-order valence-electron chi connectivity index (χ0n) is 10.2. The Bertz CT molecular complexity index is 563. The summed E-state index contributed by atoms with van der Waals surface area (Å²) >= 11 is 6.06. The van der Waals surface area contributed by atoms with E-state index in [0.29, 0.717) is 11.6 Å². The molecule has 0 atom stereocenters. The first-order chi connectivity index (χ1) is 8.83. The van der Waals surface area contributed by atoms with Gasteiger partial charge in [-0.3, -0.25) is 0 Å². The van der Waals surface area contributed by atoms with Crippen molar-refractivity contribution in [2.24, 2.45) is 0 Å². The van der Waals surface area contributed by atoms with Crippen molar-refractivity contribution >= 4 is 11.6 Å². The molecule has 0 spiro atoms. The van der Waals surface area contributed by atoms with Crippen LogP contribution in [0.1, 0.15) is 23.1 Å². The zero-order valence-corrected chi connectivity index (χ0v) is 10.9. The fraction of sp³-hybridized carbons (Fsp3) is 0.250. The molecule has 0 saturated carbocycles. The molecular weight excluding hydrogens is 244 g/mol. The molecule has 0 fully saturated rings. The van der Waals surface area contributed by atoms with Gasteiger partial charge in [0.1, 0.15) is 12.4 Å². The van der Waals surface area contributed by atoms with Gasteiger partial charge in [-0.25, -0.2) is 0 Å². The Kier molecular flexibility index (Phi) is 3.24. The van der Waals surface area contributed by atoms with Crippen molar-refractivity contribution in [2.75, 3.05) is 0 Å². The van der Waals surface area contributed by atoms with Gasteiger partial charge in [0.05, 0.1) is 5.02 Å². The molecule has 2 aromatic carbocycles. The van der Waals surface area contributed by atoms with E-state index < -0.39 is 0 Å². The summed E-state index contributed by atoms with van der Waals surface area (Å²) < 4.78 is 5.75. The molecule has 3 rings (SSSR count). The largest absolute Gasteiger partial charge is 0.487 e. The van der Waals surface area contributed by atoms with E-state index in [1.807, 2.05) is 24.3 Å². The number of halogens is 1. The standard InChI is InChI=1S/C16H15ClO/c17-15-6-1-2-7-16(15)18-11-12-8-9-13-4-3-5-14(13)10-12/h1-2,6-10H,3-5,11H2. The second kappa shape index (κ2) is 5.03. The van der Waals surface area contributed by atoms with Gasteiger partial charge >= 0.3 is 0 Å². The molecule has 0 saturated heterocycles. The summed E-state index contributed by atoms with van der Waals surface area (Å²) in [5, 5.41) is 0.665. The first-order valence-corrected chi connectivity index (χ1v) is 6.69. The maximum atomic E-state index is 6.06. The highest BCUT2D eigenvalue weighted by Crippen LogP contribution is 2.26. The van der Waals surface area contributed by atoms with E-state index in [-0.39, 0.29) is 0 Å². The van der Waals surface area contributed by atoms with Gasteiger partial charge in [0.2, 0.25) is 0 Å². The molecular formula is C16H15ClO. The summed E-state index contributed by atoms with van der Waals surface area (Å²) in [5.74, 6) is 0.750. The van der Waals surface area contributed by atoms with Gasteiger partial charge in [-0.1, -0.05) is 41.9 Å². The van der Waals surface area contributed by atoms with Crippen LogP contribution in [0.3, 0.4) is 0 Å². The lowest BCUT2D eigenvalue weighted by molar-refractivity contribution is 0.306. The molecule has 2 aromatic rings. The lowest BCUT2D eigenvalue weighted by Gasteiger charge is -2.09. The third-order valence-corrected chi connectivity index (χ3v) is 3.71. The van der Waals surface area contributed by atoms with Crippen molar-refractivity contribution in [2.45, 2.75) is 25.9 Å². The predicted molar refractivity (Wildman–Crippen MR) is 74.3 cm³/mol. The van der Waals surface area contributed by atoms with E-state index in [0.717, 1.165) is 5.75 Å². The van der Waals surface area contributed by atoms with Crippen molar-refractivity contribution in [3.8, 4) is 5.75 Å². The van der Waals surface area contributed by atoms with Crippen LogP contribution in [-0.2, 0) is 19.4 Å². The number of para-hydroxylation sites is 1. The molecule has 0 radical (unpaired) electrons. The first kappa shape index (κ1) is 11.6. The molecule has 0 heterocycles. The van der Waals surface area contributed by atoms with Crippen LogP contribution in [0.4, 0.5) is 0 Å². The monoisotopic (exact) mass is 258 g/mol. The fourth-order valence-electron chi connectivity index (χ4n) is 2.44. The van der Waals surface area contributed by atoms with E-state index in [2.05, 4.69) is 18.2 Å². The number of aryl methyl sites for hydroxylation is 2. The van der Waals surface area contributed by atoms with E-state index in [1.165, 1.54) is 36.0 Å². The summed E-state index contributed by atoms with van der Waals surface area (Å²) in [6.07, 6.45) is 3.71. The van der Waals surface area contributed by atoms with Crippen LogP contribution in [0.25, 0.3) is 0 Å². The third kappa shape index (κ3) is 2.37. The molecule has 2 heteroatoms. The molecule has 1 aliphatic rings. The minimum absolute atomic E-state index is 0.580. The molecule has 1 aliphatic carbocycles. The minimum atomic E-state index is 0.580. The highest BCUT2D eigenvalue weighted by Gasteiger charge is 2.11. The Morgan fingerprint density at radius 3 is 2.72 bits per heavy atom. The topological polar surface area (TPSA) is 9.23 Å². The predicted octanol–water partition coefficient (Wildman–Crippen LogP) is 4.41. The Hall–Kier alpha value is -1.47. The first-order valence-electron chi connectivity index (χ1n) is 6.31. The Morgan fingerprint density at radius 2 is 1.83 bits per heavy atom. The van der Waals surface area contributed by atoms with Crippen LogP contribution in [0.5, 0.6) is 5.75 Å². The van der Waals surface area contributed by atoms with Crippen molar-refractivity contribution in [3.05, 3.63) is 64.2 Å². The van der Waals surface area contributed by atoms with Gasteiger partial charge in [-0.05, 0) is 48.1 Å². The molecule has 0 bridgehead atoms. The summed E-state index contributed by atoms with van der Waals surface area (Å²) in [5.41, 5.74) is 4.20. The quantitative estimate of drug-likeness (QED) is 0.793. The van der Waals surface area contributed by atoms with Gasteiger partial charge in [0.25, 0.3) is 0 Å². The van der Waals surface area contributed by atoms with Crippen molar-refractivity contribution in [1.82, 2.24) is 0 Å². The number of ether oxygens (including phenoxy) is 1. The number of benzene rings is 2. The summed E-state index contributed by atoms with van der Waals surface area (Å²) in [6, 6.07) is 14.2. The molecule has 92 valence electrons. The van der Waals surface area contributed by atoms with Crippen molar-refractivity contribution in [3.63, 3.8) is 0 Å². The van der Waals surface area contributed by atoms with E-state index >= 15 is 0 Å². The van der Waals surface area contributed by atoms with Gasteiger partial charge in [0, 0.05) is 0 Å². The molecule has 0 N–H and O–H groups in total. The smallest absolute Gasteiger partial charge is 0.138 e. The van der Waals surface area contributed by atoms with Crippen LogP contribution in [0.15, 0.2) is 42.5 Å². The molecule has 0 aromatic heterocycles. The maximum Gasteiger partial charge on any atom is 0.138 e. The lowest BCUT2D eigenvalue weighted by atomic mass is 10.1. The summed E-state index contributed by atoms with van der Waals surface area (Å²) in [4.78, 5) is 0. The maximum absolute atomic E-state index is 6.06. The summed E-state index contributed by atoms with van der Waals surface area (Å²) in [7, 11) is 0. The van der Waals surface area contributed by atoms with Crippen LogP contribution < -0.4 is 4.74 Å². The molecule has 0 amide bonds. The summed E-state index contributed by atoms with van der Waals surface area (Å²) in [6.45, 7) is 0.580.